The van der Waals surface area contributed by atoms with Crippen LogP contribution in [0, 0.1) is 6.92 Å². The summed E-state index contributed by atoms with van der Waals surface area (Å²) in [5.74, 6) is 1.76. The van der Waals surface area contributed by atoms with E-state index < -0.39 is 0 Å². The van der Waals surface area contributed by atoms with E-state index >= 15 is 0 Å². The van der Waals surface area contributed by atoms with Gasteiger partial charge in [0.2, 0.25) is 5.91 Å². The fraction of sp³-hybridized carbons (Fsp3) is 0.600. The molecule has 0 spiro atoms. The lowest BCUT2D eigenvalue weighted by molar-refractivity contribution is -0.130. The fourth-order valence-electron chi connectivity index (χ4n) is 2.53. The summed E-state index contributed by atoms with van der Waals surface area (Å²) in [4.78, 5) is 18.5. The number of nitrogens with zero attached hydrogens (tertiary/aromatic N) is 2. The van der Waals surface area contributed by atoms with Gasteiger partial charge in [-0.15, -0.1) is 0 Å². The third kappa shape index (κ3) is 7.76. The van der Waals surface area contributed by atoms with Crippen LogP contribution in [0.3, 0.4) is 0 Å². The molecule has 0 aliphatic carbocycles. The lowest BCUT2D eigenvalue weighted by Gasteiger charge is -2.19. The molecule has 1 aromatic carbocycles. The molecule has 0 aliphatic rings. The molecule has 0 heterocycles. The zero-order chi connectivity index (χ0) is 19.4. The molecule has 2 N–H and O–H groups in total. The van der Waals surface area contributed by atoms with Gasteiger partial charge in [0.1, 0.15) is 11.9 Å². The molecule has 1 aromatic rings. The first-order chi connectivity index (χ1) is 12.5. The van der Waals surface area contributed by atoms with Gasteiger partial charge in [0.15, 0.2) is 5.96 Å². The third-order valence-corrected chi connectivity index (χ3v) is 4.02. The standard InChI is InChI=1S/C20H34N4O2/c1-6-21-20(22-14-13-19(25)24(7-2)8-3)23-15-17(5)26-18-12-10-9-11-16(18)4/h9-12,17H,6-8,13-15H2,1-5H3,(H2,21,22,23). The molecule has 1 rings (SSSR count). The van der Waals surface area contributed by atoms with Crippen LogP contribution in [0.25, 0.3) is 0 Å². The summed E-state index contributed by atoms with van der Waals surface area (Å²) in [6.07, 6.45) is 0.422. The minimum Gasteiger partial charge on any atom is -0.489 e. The summed E-state index contributed by atoms with van der Waals surface area (Å²) in [6.45, 7) is 13.4. The first-order valence-corrected chi connectivity index (χ1v) is 9.53. The Labute approximate surface area is 158 Å². The van der Waals surface area contributed by atoms with E-state index in [9.17, 15) is 4.79 Å². The maximum absolute atomic E-state index is 12.1. The number of ether oxygens (including phenoxy) is 1. The van der Waals surface area contributed by atoms with Gasteiger partial charge in [-0.05, 0) is 46.2 Å². The number of nitrogens with one attached hydrogen (secondary N) is 2. The van der Waals surface area contributed by atoms with E-state index in [1.54, 1.807) is 0 Å². The van der Waals surface area contributed by atoms with E-state index in [0.29, 0.717) is 25.5 Å². The van der Waals surface area contributed by atoms with E-state index in [2.05, 4.69) is 15.6 Å². The van der Waals surface area contributed by atoms with Gasteiger partial charge in [-0.3, -0.25) is 4.79 Å². The van der Waals surface area contributed by atoms with Gasteiger partial charge in [0.25, 0.3) is 0 Å². The van der Waals surface area contributed by atoms with E-state index in [0.717, 1.165) is 30.9 Å². The number of carbonyl (C=O) groups is 1. The van der Waals surface area contributed by atoms with Gasteiger partial charge in [0, 0.05) is 32.6 Å². The molecule has 1 atom stereocenters. The SMILES string of the molecule is CCNC(=NCC(C)Oc1ccccc1C)NCCC(=O)N(CC)CC. The number of para-hydroxylation sites is 1. The topological polar surface area (TPSA) is 66.0 Å². The number of carbonyl (C=O) groups excluding carboxylic acids is 1. The average molecular weight is 363 g/mol. The molecular weight excluding hydrogens is 328 g/mol. The van der Waals surface area contributed by atoms with Crippen LogP contribution in [0.2, 0.25) is 0 Å². The second kappa shape index (κ2) is 12.2. The Morgan fingerprint density at radius 2 is 1.88 bits per heavy atom. The average Bonchev–Trinajstić information content (AvgIpc) is 2.62. The Bertz CT molecular complexity index is 571. The monoisotopic (exact) mass is 362 g/mol. The van der Waals surface area contributed by atoms with E-state index in [1.165, 1.54) is 0 Å². The van der Waals surface area contributed by atoms with Crippen LogP contribution in [0.5, 0.6) is 5.75 Å². The predicted octanol–water partition coefficient (Wildman–Crippen LogP) is 2.58. The minimum absolute atomic E-state index is 0.0381. The first-order valence-electron chi connectivity index (χ1n) is 9.53. The van der Waals surface area contributed by atoms with Crippen LogP contribution in [-0.2, 0) is 4.79 Å². The number of benzene rings is 1. The smallest absolute Gasteiger partial charge is 0.224 e. The summed E-state index contributed by atoms with van der Waals surface area (Å²) in [6, 6.07) is 7.97. The molecule has 0 saturated heterocycles. The molecule has 1 unspecified atom stereocenters. The molecule has 0 radical (unpaired) electrons. The number of aliphatic imine (C=N–C) groups is 1. The van der Waals surface area contributed by atoms with Crippen molar-refractivity contribution < 1.29 is 9.53 Å². The molecule has 146 valence electrons. The number of rotatable bonds is 10. The van der Waals surface area contributed by atoms with Crippen molar-refractivity contribution >= 4 is 11.9 Å². The van der Waals surface area contributed by atoms with Crippen LogP contribution in [0.15, 0.2) is 29.3 Å². The van der Waals surface area contributed by atoms with Crippen molar-refractivity contribution in [2.24, 2.45) is 4.99 Å². The largest absolute Gasteiger partial charge is 0.489 e. The van der Waals surface area contributed by atoms with Gasteiger partial charge in [-0.2, -0.15) is 0 Å². The molecule has 0 bridgehead atoms. The minimum atomic E-state index is -0.0381. The van der Waals surface area contributed by atoms with Gasteiger partial charge >= 0.3 is 0 Å². The number of hydrogen-bond donors (Lipinski definition) is 2. The Morgan fingerprint density at radius 1 is 1.19 bits per heavy atom. The van der Waals surface area contributed by atoms with Crippen molar-refractivity contribution in [1.82, 2.24) is 15.5 Å². The summed E-state index contributed by atoms with van der Waals surface area (Å²) in [5.41, 5.74) is 1.11. The van der Waals surface area contributed by atoms with Gasteiger partial charge in [-0.1, -0.05) is 18.2 Å². The highest BCUT2D eigenvalue weighted by atomic mass is 16.5. The molecule has 0 fully saturated rings. The Morgan fingerprint density at radius 3 is 2.50 bits per heavy atom. The maximum Gasteiger partial charge on any atom is 0.224 e. The normalized spacial score (nSPS) is 12.4. The Balaban J connectivity index is 2.49. The lowest BCUT2D eigenvalue weighted by atomic mass is 10.2. The zero-order valence-electron chi connectivity index (χ0n) is 16.8. The van der Waals surface area contributed by atoms with Crippen LogP contribution < -0.4 is 15.4 Å². The van der Waals surface area contributed by atoms with E-state index in [1.807, 2.05) is 63.8 Å². The summed E-state index contributed by atoms with van der Waals surface area (Å²) in [7, 11) is 0. The van der Waals surface area contributed by atoms with Crippen LogP contribution >= 0.6 is 0 Å². The Kier molecular flexibility index (Phi) is 10.2. The number of amides is 1. The van der Waals surface area contributed by atoms with Crippen LogP contribution in [0.1, 0.15) is 39.7 Å². The zero-order valence-corrected chi connectivity index (χ0v) is 16.8. The van der Waals surface area contributed by atoms with Crippen molar-refractivity contribution in [1.29, 1.82) is 0 Å². The molecular formula is C20H34N4O2. The third-order valence-electron chi connectivity index (χ3n) is 4.02. The van der Waals surface area contributed by atoms with Crippen LogP contribution in [-0.4, -0.2) is 55.6 Å². The second-order valence-electron chi connectivity index (χ2n) is 6.16. The highest BCUT2D eigenvalue weighted by molar-refractivity contribution is 5.81. The second-order valence-corrected chi connectivity index (χ2v) is 6.16. The maximum atomic E-state index is 12.1. The number of guanidine groups is 1. The van der Waals surface area contributed by atoms with Crippen molar-refractivity contribution in [3.63, 3.8) is 0 Å². The quantitative estimate of drug-likeness (QED) is 0.496. The van der Waals surface area contributed by atoms with Crippen LogP contribution in [0.4, 0.5) is 0 Å². The molecule has 6 nitrogen and oxygen atoms in total. The summed E-state index contributed by atoms with van der Waals surface area (Å²) < 4.78 is 5.95. The van der Waals surface area contributed by atoms with Crippen molar-refractivity contribution in [2.45, 2.75) is 47.1 Å². The van der Waals surface area contributed by atoms with Crippen molar-refractivity contribution in [3.8, 4) is 5.75 Å². The fourth-order valence-corrected chi connectivity index (χ4v) is 2.53. The molecule has 0 aliphatic heterocycles. The summed E-state index contributed by atoms with van der Waals surface area (Å²) >= 11 is 0. The molecule has 26 heavy (non-hydrogen) atoms. The highest BCUT2D eigenvalue weighted by Gasteiger charge is 2.10. The number of hydrogen-bond acceptors (Lipinski definition) is 3. The van der Waals surface area contributed by atoms with Crippen molar-refractivity contribution in [3.05, 3.63) is 29.8 Å². The molecule has 1 amide bonds. The molecule has 6 heteroatoms. The van der Waals surface area contributed by atoms with Crippen molar-refractivity contribution in [2.75, 3.05) is 32.7 Å². The first kappa shape index (κ1) is 21.8. The molecule has 0 saturated carbocycles. The van der Waals surface area contributed by atoms with Gasteiger partial charge < -0.3 is 20.3 Å². The summed E-state index contributed by atoms with van der Waals surface area (Å²) in [5, 5.41) is 6.42. The highest BCUT2D eigenvalue weighted by Crippen LogP contribution is 2.17. The lowest BCUT2D eigenvalue weighted by Crippen LogP contribution is -2.40. The predicted molar refractivity (Wildman–Crippen MR) is 108 cm³/mol. The molecule has 0 aromatic heterocycles. The van der Waals surface area contributed by atoms with Gasteiger partial charge in [-0.25, -0.2) is 4.99 Å². The number of aryl methyl sites for hydroxylation is 1. The van der Waals surface area contributed by atoms with E-state index in [4.69, 9.17) is 4.74 Å². The van der Waals surface area contributed by atoms with Gasteiger partial charge in [0.05, 0.1) is 6.54 Å². The Hall–Kier alpha value is -2.24. The van der Waals surface area contributed by atoms with E-state index in [-0.39, 0.29) is 12.0 Å².